The maximum absolute atomic E-state index is 13.2. The molecule has 1 fully saturated rings. The third kappa shape index (κ3) is 5.31. The van der Waals surface area contributed by atoms with Crippen molar-refractivity contribution < 1.29 is 18.0 Å². The van der Waals surface area contributed by atoms with E-state index < -0.39 is 16.1 Å². The van der Waals surface area contributed by atoms with Crippen molar-refractivity contribution in [1.82, 2.24) is 19.5 Å². The first-order valence-corrected chi connectivity index (χ1v) is 12.8. The Bertz CT molecular complexity index is 1290. The van der Waals surface area contributed by atoms with Gasteiger partial charge in [-0.1, -0.05) is 30.3 Å². The van der Waals surface area contributed by atoms with Crippen LogP contribution in [0.15, 0.2) is 65.7 Å². The van der Waals surface area contributed by atoms with E-state index >= 15 is 0 Å². The van der Waals surface area contributed by atoms with E-state index in [9.17, 15) is 18.0 Å². The van der Waals surface area contributed by atoms with Crippen LogP contribution < -0.4 is 10.6 Å². The van der Waals surface area contributed by atoms with E-state index in [0.717, 1.165) is 16.5 Å². The number of hydrogen-bond donors (Lipinski definition) is 2. The van der Waals surface area contributed by atoms with Crippen molar-refractivity contribution in [3.05, 3.63) is 66.5 Å². The van der Waals surface area contributed by atoms with Gasteiger partial charge in [-0.3, -0.25) is 9.59 Å². The Morgan fingerprint density at radius 3 is 2.38 bits per heavy atom. The van der Waals surface area contributed by atoms with Crippen LogP contribution in [0.1, 0.15) is 25.5 Å². The van der Waals surface area contributed by atoms with Crippen molar-refractivity contribution in [2.75, 3.05) is 13.1 Å². The van der Waals surface area contributed by atoms with Crippen LogP contribution in [0.5, 0.6) is 0 Å². The highest BCUT2D eigenvalue weighted by Crippen LogP contribution is 2.24. The summed E-state index contributed by atoms with van der Waals surface area (Å²) in [6.45, 7) is 2.03. The molecule has 9 heteroatoms. The summed E-state index contributed by atoms with van der Waals surface area (Å²) in [7, 11) is -1.72. The molecule has 1 aromatic heterocycles. The van der Waals surface area contributed by atoms with Gasteiger partial charge in [0.05, 0.1) is 4.90 Å². The first kappa shape index (κ1) is 24.0. The van der Waals surface area contributed by atoms with Crippen LogP contribution in [0.25, 0.3) is 10.8 Å². The predicted octanol–water partition coefficient (Wildman–Crippen LogP) is 2.20. The van der Waals surface area contributed by atoms with Crippen molar-refractivity contribution in [3.8, 4) is 0 Å². The molecule has 2 N–H and O–H groups in total. The Kier molecular flexibility index (Phi) is 7.04. The third-order valence-corrected chi connectivity index (χ3v) is 8.21. The van der Waals surface area contributed by atoms with Crippen LogP contribution in [-0.2, 0) is 33.1 Å². The zero-order chi connectivity index (χ0) is 24.3. The van der Waals surface area contributed by atoms with Gasteiger partial charge in [0.1, 0.15) is 6.04 Å². The van der Waals surface area contributed by atoms with E-state index in [2.05, 4.69) is 10.6 Å². The van der Waals surface area contributed by atoms with Crippen LogP contribution in [0.3, 0.4) is 0 Å². The summed E-state index contributed by atoms with van der Waals surface area (Å²) in [5, 5.41) is 7.62. The fourth-order valence-corrected chi connectivity index (χ4v) is 5.90. The SMILES string of the molecule is CC(=O)N[C@@H](Cc1cccn1C)C(=O)NC1CCN(S(=O)(=O)c2ccc3ccccc3c2)CC1. The Labute approximate surface area is 200 Å². The van der Waals surface area contributed by atoms with E-state index in [0.29, 0.717) is 32.4 Å². The first-order valence-electron chi connectivity index (χ1n) is 11.4. The van der Waals surface area contributed by atoms with Gasteiger partial charge in [0.25, 0.3) is 0 Å². The molecule has 2 aromatic carbocycles. The summed E-state index contributed by atoms with van der Waals surface area (Å²) < 4.78 is 29.8. The second-order valence-corrected chi connectivity index (χ2v) is 10.7. The van der Waals surface area contributed by atoms with Gasteiger partial charge in [0.2, 0.25) is 21.8 Å². The molecule has 34 heavy (non-hydrogen) atoms. The smallest absolute Gasteiger partial charge is 0.243 e. The average molecular weight is 483 g/mol. The fourth-order valence-electron chi connectivity index (χ4n) is 4.39. The third-order valence-electron chi connectivity index (χ3n) is 6.32. The Hall–Kier alpha value is -3.17. The number of amides is 2. The number of fused-ring (bicyclic) bond motifs is 1. The normalized spacial score (nSPS) is 16.3. The molecule has 1 aliphatic heterocycles. The number of aryl methyl sites for hydroxylation is 1. The Balaban J connectivity index is 1.38. The van der Waals surface area contributed by atoms with Crippen LogP contribution in [-0.4, -0.2) is 54.3 Å². The molecule has 0 saturated carbocycles. The van der Waals surface area contributed by atoms with Crippen LogP contribution in [0, 0.1) is 0 Å². The molecule has 1 aliphatic rings. The highest BCUT2D eigenvalue weighted by atomic mass is 32.2. The zero-order valence-electron chi connectivity index (χ0n) is 19.4. The number of hydrogen-bond acceptors (Lipinski definition) is 4. The summed E-state index contributed by atoms with van der Waals surface area (Å²) in [6.07, 6.45) is 3.29. The lowest BCUT2D eigenvalue weighted by Gasteiger charge is -2.32. The second kappa shape index (κ2) is 9.99. The molecular weight excluding hydrogens is 452 g/mol. The molecule has 8 nitrogen and oxygen atoms in total. The largest absolute Gasteiger partial charge is 0.354 e. The summed E-state index contributed by atoms with van der Waals surface area (Å²) >= 11 is 0. The molecular formula is C25H30N4O4S. The summed E-state index contributed by atoms with van der Waals surface area (Å²) in [5.41, 5.74) is 0.935. The number of piperidine rings is 1. The number of sulfonamides is 1. The van der Waals surface area contributed by atoms with Gasteiger partial charge < -0.3 is 15.2 Å². The molecule has 1 saturated heterocycles. The van der Waals surface area contributed by atoms with Gasteiger partial charge in [0.15, 0.2) is 0 Å². The maximum Gasteiger partial charge on any atom is 0.243 e. The minimum Gasteiger partial charge on any atom is -0.354 e. The quantitative estimate of drug-likeness (QED) is 0.539. The molecule has 2 heterocycles. The molecule has 4 rings (SSSR count). The Morgan fingerprint density at radius 1 is 1.03 bits per heavy atom. The minimum absolute atomic E-state index is 0.153. The van der Waals surface area contributed by atoms with E-state index in [1.807, 2.05) is 60.3 Å². The highest BCUT2D eigenvalue weighted by Gasteiger charge is 2.31. The zero-order valence-corrected chi connectivity index (χ0v) is 20.2. The van der Waals surface area contributed by atoms with Crippen molar-refractivity contribution in [2.24, 2.45) is 7.05 Å². The summed E-state index contributed by atoms with van der Waals surface area (Å²) in [5.74, 6) is -0.530. The van der Waals surface area contributed by atoms with Crippen LogP contribution in [0.2, 0.25) is 0 Å². The van der Waals surface area contributed by atoms with Crippen molar-refractivity contribution in [1.29, 1.82) is 0 Å². The van der Waals surface area contributed by atoms with E-state index in [4.69, 9.17) is 0 Å². The number of rotatable bonds is 7. The highest BCUT2D eigenvalue weighted by molar-refractivity contribution is 7.89. The van der Waals surface area contributed by atoms with Gasteiger partial charge in [-0.2, -0.15) is 4.31 Å². The van der Waals surface area contributed by atoms with Crippen molar-refractivity contribution in [2.45, 2.75) is 43.2 Å². The maximum atomic E-state index is 13.2. The molecule has 3 aromatic rings. The van der Waals surface area contributed by atoms with Crippen molar-refractivity contribution in [3.63, 3.8) is 0 Å². The van der Waals surface area contributed by atoms with E-state index in [1.54, 1.807) is 12.1 Å². The molecule has 0 bridgehead atoms. The number of carbonyl (C=O) groups is 2. The van der Waals surface area contributed by atoms with E-state index in [1.165, 1.54) is 11.2 Å². The molecule has 0 unspecified atom stereocenters. The molecule has 180 valence electrons. The summed E-state index contributed by atoms with van der Waals surface area (Å²) in [6, 6.07) is 15.8. The standard InChI is InChI=1S/C25H30N4O4S/c1-18(30)26-24(17-22-8-5-13-28(22)2)25(31)27-21-11-14-29(15-12-21)34(32,33)23-10-9-19-6-3-4-7-20(19)16-23/h3-10,13,16,21,24H,11-12,14-15,17H2,1-2H3,(H,26,30)(H,27,31)/t24-/m0/s1. The molecule has 0 spiro atoms. The number of carbonyl (C=O) groups excluding carboxylic acids is 2. The lowest BCUT2D eigenvalue weighted by atomic mass is 10.0. The molecule has 0 aliphatic carbocycles. The number of nitrogens with one attached hydrogen (secondary N) is 2. The van der Waals surface area contributed by atoms with Gasteiger partial charge in [0, 0.05) is 51.4 Å². The van der Waals surface area contributed by atoms with Gasteiger partial charge in [-0.15, -0.1) is 0 Å². The van der Waals surface area contributed by atoms with Gasteiger partial charge >= 0.3 is 0 Å². The van der Waals surface area contributed by atoms with Gasteiger partial charge in [-0.25, -0.2) is 8.42 Å². The first-order chi connectivity index (χ1) is 16.2. The number of nitrogens with zero attached hydrogens (tertiary/aromatic N) is 2. The lowest BCUT2D eigenvalue weighted by molar-refractivity contribution is -0.128. The van der Waals surface area contributed by atoms with E-state index in [-0.39, 0.29) is 22.8 Å². The van der Waals surface area contributed by atoms with Crippen LogP contribution >= 0.6 is 0 Å². The molecule has 1 atom stereocenters. The van der Waals surface area contributed by atoms with Crippen LogP contribution in [0.4, 0.5) is 0 Å². The number of aromatic nitrogens is 1. The number of benzene rings is 2. The van der Waals surface area contributed by atoms with Gasteiger partial charge in [-0.05, 0) is 47.9 Å². The topological polar surface area (TPSA) is 101 Å². The minimum atomic E-state index is -3.62. The second-order valence-electron chi connectivity index (χ2n) is 8.76. The summed E-state index contributed by atoms with van der Waals surface area (Å²) in [4.78, 5) is 24.9. The lowest BCUT2D eigenvalue weighted by Crippen LogP contribution is -2.53. The predicted molar refractivity (Wildman–Crippen MR) is 131 cm³/mol. The van der Waals surface area contributed by atoms with Crippen molar-refractivity contribution >= 4 is 32.6 Å². The monoisotopic (exact) mass is 482 g/mol. The Morgan fingerprint density at radius 2 is 1.74 bits per heavy atom. The average Bonchev–Trinajstić information content (AvgIpc) is 3.22. The molecule has 2 amide bonds. The molecule has 0 radical (unpaired) electrons. The fraction of sp³-hybridized carbons (Fsp3) is 0.360.